The molecule has 0 atom stereocenters. The second-order valence-corrected chi connectivity index (χ2v) is 4.37. The van der Waals surface area contributed by atoms with Gasteiger partial charge in [-0.05, 0) is 18.2 Å². The maximum Gasteiger partial charge on any atom is 0.261 e. The molecule has 0 spiro atoms. The van der Waals surface area contributed by atoms with Crippen LogP contribution in [0.3, 0.4) is 0 Å². The van der Waals surface area contributed by atoms with Crippen LogP contribution < -0.4 is 10.9 Å². The number of nitrogens with one attached hydrogen (secondary N) is 1. The van der Waals surface area contributed by atoms with Crippen LogP contribution in [0.15, 0.2) is 29.3 Å². The van der Waals surface area contributed by atoms with Crippen LogP contribution in [0.2, 0.25) is 5.02 Å². The van der Waals surface area contributed by atoms with E-state index in [9.17, 15) is 4.79 Å². The van der Waals surface area contributed by atoms with E-state index in [4.69, 9.17) is 11.6 Å². The summed E-state index contributed by atoms with van der Waals surface area (Å²) in [6, 6.07) is 5.40. The van der Waals surface area contributed by atoms with Crippen molar-refractivity contribution in [1.29, 1.82) is 0 Å². The molecule has 1 aliphatic heterocycles. The number of hydrogen-bond acceptors (Lipinski definition) is 3. The van der Waals surface area contributed by atoms with Crippen molar-refractivity contribution in [3.63, 3.8) is 0 Å². The van der Waals surface area contributed by atoms with Crippen molar-refractivity contribution in [2.45, 2.75) is 6.04 Å². The van der Waals surface area contributed by atoms with E-state index in [2.05, 4.69) is 10.3 Å². The Hall–Kier alpha value is -1.39. The minimum atomic E-state index is 0.00756. The molecule has 1 aromatic heterocycles. The Kier molecular flexibility index (Phi) is 2.19. The zero-order valence-corrected chi connectivity index (χ0v) is 9.24. The molecule has 2 heterocycles. The van der Waals surface area contributed by atoms with Gasteiger partial charge >= 0.3 is 0 Å². The summed E-state index contributed by atoms with van der Waals surface area (Å²) in [5, 5.41) is 4.36. The fraction of sp³-hybridized carbons (Fsp3) is 0.273. The highest BCUT2D eigenvalue weighted by atomic mass is 35.5. The fourth-order valence-electron chi connectivity index (χ4n) is 1.84. The highest BCUT2D eigenvalue weighted by molar-refractivity contribution is 6.31. The summed E-state index contributed by atoms with van der Waals surface area (Å²) in [7, 11) is 0. The fourth-order valence-corrected chi connectivity index (χ4v) is 2.00. The molecule has 2 aromatic rings. The molecule has 0 saturated carbocycles. The van der Waals surface area contributed by atoms with Gasteiger partial charge in [0.05, 0.1) is 23.3 Å². The molecule has 1 aliphatic rings. The molecule has 1 fully saturated rings. The van der Waals surface area contributed by atoms with Gasteiger partial charge in [0.2, 0.25) is 0 Å². The SMILES string of the molecule is O=c1c2ccc(Cl)cc2ncn1C1CNC1. The van der Waals surface area contributed by atoms with Gasteiger partial charge < -0.3 is 5.32 Å². The first kappa shape index (κ1) is 9.81. The van der Waals surface area contributed by atoms with Gasteiger partial charge in [-0.2, -0.15) is 0 Å². The lowest BCUT2D eigenvalue weighted by atomic mass is 10.1. The van der Waals surface area contributed by atoms with Crippen LogP contribution in [-0.4, -0.2) is 22.6 Å². The molecule has 0 aliphatic carbocycles. The Morgan fingerprint density at radius 1 is 1.44 bits per heavy atom. The molecule has 1 saturated heterocycles. The van der Waals surface area contributed by atoms with Crippen LogP contribution in [-0.2, 0) is 0 Å². The predicted octanol–water partition coefficient (Wildman–Crippen LogP) is 1.19. The molecular formula is C11H10ClN3O. The standard InChI is InChI=1S/C11H10ClN3O/c12-7-1-2-9-10(3-7)14-6-15(11(9)16)8-4-13-5-8/h1-3,6,8,13H,4-5H2. The van der Waals surface area contributed by atoms with Crippen molar-refractivity contribution in [1.82, 2.24) is 14.9 Å². The normalized spacial score (nSPS) is 16.3. The molecule has 0 amide bonds. The first-order chi connectivity index (χ1) is 7.75. The van der Waals surface area contributed by atoms with Crippen LogP contribution in [0.4, 0.5) is 0 Å². The van der Waals surface area contributed by atoms with E-state index in [0.717, 1.165) is 13.1 Å². The smallest absolute Gasteiger partial charge is 0.261 e. The zero-order valence-electron chi connectivity index (χ0n) is 8.48. The van der Waals surface area contributed by atoms with Gasteiger partial charge in [-0.25, -0.2) is 4.98 Å². The number of rotatable bonds is 1. The predicted molar refractivity (Wildman–Crippen MR) is 62.9 cm³/mol. The third kappa shape index (κ3) is 1.42. The minimum Gasteiger partial charge on any atom is -0.313 e. The third-order valence-electron chi connectivity index (χ3n) is 2.90. The number of hydrogen-bond donors (Lipinski definition) is 1. The highest BCUT2D eigenvalue weighted by Crippen LogP contribution is 2.16. The molecule has 4 nitrogen and oxygen atoms in total. The van der Waals surface area contributed by atoms with E-state index in [0.29, 0.717) is 15.9 Å². The molecule has 16 heavy (non-hydrogen) atoms. The van der Waals surface area contributed by atoms with E-state index in [1.807, 2.05) is 0 Å². The maximum atomic E-state index is 12.1. The van der Waals surface area contributed by atoms with Crippen molar-refractivity contribution in [2.24, 2.45) is 0 Å². The van der Waals surface area contributed by atoms with Gasteiger partial charge in [0.1, 0.15) is 0 Å². The van der Waals surface area contributed by atoms with E-state index >= 15 is 0 Å². The Labute approximate surface area is 96.9 Å². The molecular weight excluding hydrogens is 226 g/mol. The quantitative estimate of drug-likeness (QED) is 0.808. The van der Waals surface area contributed by atoms with Crippen molar-refractivity contribution in [3.05, 3.63) is 39.9 Å². The number of halogens is 1. The Bertz CT molecular complexity index is 604. The van der Waals surface area contributed by atoms with Crippen LogP contribution in [0, 0.1) is 0 Å². The molecule has 1 N–H and O–H groups in total. The average Bonchev–Trinajstić information content (AvgIpc) is 2.19. The van der Waals surface area contributed by atoms with Crippen LogP contribution >= 0.6 is 11.6 Å². The van der Waals surface area contributed by atoms with Crippen LogP contribution in [0.5, 0.6) is 0 Å². The Morgan fingerprint density at radius 3 is 2.94 bits per heavy atom. The van der Waals surface area contributed by atoms with Crippen molar-refractivity contribution < 1.29 is 0 Å². The summed E-state index contributed by atoms with van der Waals surface area (Å²) in [5.74, 6) is 0. The van der Waals surface area contributed by atoms with Crippen LogP contribution in [0.1, 0.15) is 6.04 Å². The van der Waals surface area contributed by atoms with Gasteiger partial charge in [0.15, 0.2) is 0 Å². The topological polar surface area (TPSA) is 46.9 Å². The zero-order chi connectivity index (χ0) is 11.1. The second kappa shape index (κ2) is 3.57. The van der Waals surface area contributed by atoms with Gasteiger partial charge in [0.25, 0.3) is 5.56 Å². The molecule has 0 radical (unpaired) electrons. The van der Waals surface area contributed by atoms with E-state index < -0.39 is 0 Å². The summed E-state index contributed by atoms with van der Waals surface area (Å²) < 4.78 is 1.69. The summed E-state index contributed by atoms with van der Waals surface area (Å²) in [6.07, 6.45) is 1.60. The van der Waals surface area contributed by atoms with Gasteiger partial charge in [-0.3, -0.25) is 9.36 Å². The first-order valence-electron chi connectivity index (χ1n) is 5.13. The van der Waals surface area contributed by atoms with E-state index in [-0.39, 0.29) is 11.6 Å². The molecule has 5 heteroatoms. The Balaban J connectivity index is 2.23. The van der Waals surface area contributed by atoms with Gasteiger partial charge in [-0.1, -0.05) is 11.6 Å². The molecule has 0 bridgehead atoms. The second-order valence-electron chi connectivity index (χ2n) is 3.93. The molecule has 3 rings (SSSR count). The summed E-state index contributed by atoms with van der Waals surface area (Å²) in [6.45, 7) is 1.67. The van der Waals surface area contributed by atoms with Crippen molar-refractivity contribution >= 4 is 22.5 Å². The van der Waals surface area contributed by atoms with Crippen LogP contribution in [0.25, 0.3) is 10.9 Å². The van der Waals surface area contributed by atoms with Crippen molar-refractivity contribution in [3.8, 4) is 0 Å². The monoisotopic (exact) mass is 235 g/mol. The van der Waals surface area contributed by atoms with Crippen molar-refractivity contribution in [2.75, 3.05) is 13.1 Å². The highest BCUT2D eigenvalue weighted by Gasteiger charge is 2.20. The lowest BCUT2D eigenvalue weighted by Gasteiger charge is -2.28. The number of benzene rings is 1. The number of fused-ring (bicyclic) bond motifs is 1. The molecule has 1 aromatic carbocycles. The van der Waals surface area contributed by atoms with Gasteiger partial charge in [0, 0.05) is 18.1 Å². The summed E-state index contributed by atoms with van der Waals surface area (Å²) in [5.41, 5.74) is 0.661. The number of nitrogens with zero attached hydrogens (tertiary/aromatic N) is 2. The third-order valence-corrected chi connectivity index (χ3v) is 3.13. The Morgan fingerprint density at radius 2 is 2.25 bits per heavy atom. The van der Waals surface area contributed by atoms with E-state index in [1.165, 1.54) is 0 Å². The lowest BCUT2D eigenvalue weighted by Crippen LogP contribution is -2.46. The largest absolute Gasteiger partial charge is 0.313 e. The van der Waals surface area contributed by atoms with E-state index in [1.54, 1.807) is 29.1 Å². The number of aromatic nitrogens is 2. The average molecular weight is 236 g/mol. The lowest BCUT2D eigenvalue weighted by molar-refractivity contribution is 0.334. The minimum absolute atomic E-state index is 0.00756. The maximum absolute atomic E-state index is 12.1. The molecule has 0 unspecified atom stereocenters. The van der Waals surface area contributed by atoms with Gasteiger partial charge in [-0.15, -0.1) is 0 Å². The molecule has 82 valence electrons. The summed E-state index contributed by atoms with van der Waals surface area (Å²) in [4.78, 5) is 16.4. The summed E-state index contributed by atoms with van der Waals surface area (Å²) >= 11 is 5.85. The first-order valence-corrected chi connectivity index (χ1v) is 5.50.